The maximum Gasteiger partial charge on any atom is 0.161 e. The summed E-state index contributed by atoms with van der Waals surface area (Å²) in [5, 5.41) is 3.47. The summed E-state index contributed by atoms with van der Waals surface area (Å²) in [4.78, 5) is 0. The normalized spacial score (nSPS) is 15.6. The maximum atomic E-state index is 6.11. The molecule has 118 valence electrons. The Hall–Kier alpha value is -1.22. The molecule has 1 N–H and O–H groups in total. The van der Waals surface area contributed by atoms with Gasteiger partial charge in [-0.15, -0.1) is 0 Å². The summed E-state index contributed by atoms with van der Waals surface area (Å²) in [7, 11) is 0. The van der Waals surface area contributed by atoms with Gasteiger partial charge < -0.3 is 14.8 Å². The van der Waals surface area contributed by atoms with E-state index in [4.69, 9.17) is 9.47 Å². The summed E-state index contributed by atoms with van der Waals surface area (Å²) in [6, 6.07) is 6.32. The second-order valence-corrected chi connectivity index (χ2v) is 6.26. The lowest BCUT2D eigenvalue weighted by Crippen LogP contribution is -2.19. The average molecular weight is 291 g/mol. The van der Waals surface area contributed by atoms with Gasteiger partial charge in [-0.05, 0) is 62.8 Å². The molecule has 0 bridgehead atoms. The molecule has 3 heteroatoms. The van der Waals surface area contributed by atoms with Crippen LogP contribution in [0.1, 0.15) is 52.0 Å². The van der Waals surface area contributed by atoms with E-state index >= 15 is 0 Å². The first kappa shape index (κ1) is 16.2. The lowest BCUT2D eigenvalue weighted by Gasteiger charge is -2.17. The molecule has 1 aromatic carbocycles. The minimum Gasteiger partial charge on any atom is -0.490 e. The van der Waals surface area contributed by atoms with Crippen LogP contribution in [0.4, 0.5) is 0 Å². The fourth-order valence-electron chi connectivity index (χ4n) is 2.72. The molecule has 0 amide bonds. The van der Waals surface area contributed by atoms with Crippen LogP contribution in [0.2, 0.25) is 0 Å². The summed E-state index contributed by atoms with van der Waals surface area (Å²) < 4.78 is 11.9. The molecule has 0 heterocycles. The standard InChI is InChI=1S/C18H29NO2/c1-4-20-18-11-15(13-19-12-14(2)3)9-10-17(18)21-16-7-5-6-8-16/h9-11,14,16,19H,4-8,12-13H2,1-3H3. The predicted octanol–water partition coefficient (Wildman–Crippen LogP) is 4.15. The fourth-order valence-corrected chi connectivity index (χ4v) is 2.72. The van der Waals surface area contributed by atoms with Crippen molar-refractivity contribution < 1.29 is 9.47 Å². The minimum absolute atomic E-state index is 0.370. The first-order chi connectivity index (χ1) is 10.2. The predicted molar refractivity (Wildman–Crippen MR) is 87.0 cm³/mol. The van der Waals surface area contributed by atoms with Crippen molar-refractivity contribution in [3.63, 3.8) is 0 Å². The molecule has 0 aliphatic heterocycles. The van der Waals surface area contributed by atoms with Crippen LogP contribution in [0.25, 0.3) is 0 Å². The molecular formula is C18H29NO2. The van der Waals surface area contributed by atoms with Gasteiger partial charge in [-0.25, -0.2) is 0 Å². The first-order valence-corrected chi connectivity index (χ1v) is 8.32. The Labute approximate surface area is 129 Å². The molecule has 0 radical (unpaired) electrons. The average Bonchev–Trinajstić information content (AvgIpc) is 2.94. The Morgan fingerprint density at radius 3 is 2.62 bits per heavy atom. The fraction of sp³-hybridized carbons (Fsp3) is 0.667. The van der Waals surface area contributed by atoms with Gasteiger partial charge in [-0.3, -0.25) is 0 Å². The zero-order valence-electron chi connectivity index (χ0n) is 13.7. The van der Waals surface area contributed by atoms with E-state index in [1.807, 2.05) is 6.92 Å². The van der Waals surface area contributed by atoms with Crippen molar-refractivity contribution in [1.29, 1.82) is 0 Å². The Balaban J connectivity index is 1.99. The van der Waals surface area contributed by atoms with Crippen LogP contribution in [0.5, 0.6) is 11.5 Å². The van der Waals surface area contributed by atoms with E-state index in [1.165, 1.54) is 31.2 Å². The Morgan fingerprint density at radius 2 is 1.95 bits per heavy atom. The Bertz CT molecular complexity index is 425. The van der Waals surface area contributed by atoms with E-state index in [-0.39, 0.29) is 0 Å². The minimum atomic E-state index is 0.370. The van der Waals surface area contributed by atoms with E-state index in [2.05, 4.69) is 37.4 Å². The molecule has 1 fully saturated rings. The van der Waals surface area contributed by atoms with Crippen LogP contribution in [0.15, 0.2) is 18.2 Å². The number of rotatable bonds is 8. The van der Waals surface area contributed by atoms with E-state index in [9.17, 15) is 0 Å². The van der Waals surface area contributed by atoms with Gasteiger partial charge in [0.2, 0.25) is 0 Å². The van der Waals surface area contributed by atoms with Gasteiger partial charge in [-0.1, -0.05) is 19.9 Å². The summed E-state index contributed by atoms with van der Waals surface area (Å²) in [5.74, 6) is 2.45. The van der Waals surface area contributed by atoms with E-state index in [0.717, 1.165) is 24.6 Å². The molecule has 3 nitrogen and oxygen atoms in total. The van der Waals surface area contributed by atoms with Gasteiger partial charge in [0.1, 0.15) is 0 Å². The number of benzene rings is 1. The van der Waals surface area contributed by atoms with Crippen LogP contribution in [0.3, 0.4) is 0 Å². The zero-order valence-corrected chi connectivity index (χ0v) is 13.7. The van der Waals surface area contributed by atoms with Crippen LogP contribution in [-0.4, -0.2) is 19.3 Å². The van der Waals surface area contributed by atoms with Gasteiger partial charge >= 0.3 is 0 Å². The van der Waals surface area contributed by atoms with Crippen LogP contribution in [0, 0.1) is 5.92 Å². The van der Waals surface area contributed by atoms with E-state index < -0.39 is 0 Å². The molecule has 21 heavy (non-hydrogen) atoms. The molecule has 1 saturated carbocycles. The van der Waals surface area contributed by atoms with Gasteiger partial charge in [0.25, 0.3) is 0 Å². The third-order valence-electron chi connectivity index (χ3n) is 3.79. The highest BCUT2D eigenvalue weighted by Crippen LogP contribution is 2.32. The molecule has 1 aliphatic rings. The lowest BCUT2D eigenvalue weighted by atomic mass is 10.1. The smallest absolute Gasteiger partial charge is 0.161 e. The largest absolute Gasteiger partial charge is 0.490 e. The number of hydrogen-bond acceptors (Lipinski definition) is 3. The highest BCUT2D eigenvalue weighted by molar-refractivity contribution is 5.43. The monoisotopic (exact) mass is 291 g/mol. The van der Waals surface area contributed by atoms with Gasteiger partial charge in [0.05, 0.1) is 12.7 Å². The van der Waals surface area contributed by atoms with Gasteiger partial charge in [-0.2, -0.15) is 0 Å². The molecule has 1 aliphatic carbocycles. The van der Waals surface area contributed by atoms with E-state index in [1.54, 1.807) is 0 Å². The molecule has 0 aromatic heterocycles. The number of nitrogens with one attached hydrogen (secondary N) is 1. The summed E-state index contributed by atoms with van der Waals surface area (Å²) >= 11 is 0. The van der Waals surface area contributed by atoms with Crippen LogP contribution < -0.4 is 14.8 Å². The second kappa shape index (κ2) is 8.28. The quantitative estimate of drug-likeness (QED) is 0.780. The van der Waals surface area contributed by atoms with Gasteiger partial charge in [0.15, 0.2) is 11.5 Å². The van der Waals surface area contributed by atoms with Crippen LogP contribution in [-0.2, 0) is 6.54 Å². The number of hydrogen-bond donors (Lipinski definition) is 1. The molecule has 1 aromatic rings. The molecule has 0 spiro atoms. The molecular weight excluding hydrogens is 262 g/mol. The summed E-state index contributed by atoms with van der Waals surface area (Å²) in [5.41, 5.74) is 1.25. The Morgan fingerprint density at radius 1 is 1.19 bits per heavy atom. The highest BCUT2D eigenvalue weighted by Gasteiger charge is 2.18. The van der Waals surface area contributed by atoms with E-state index in [0.29, 0.717) is 18.6 Å². The van der Waals surface area contributed by atoms with Crippen molar-refractivity contribution >= 4 is 0 Å². The third-order valence-corrected chi connectivity index (χ3v) is 3.79. The zero-order chi connectivity index (χ0) is 15.1. The van der Waals surface area contributed by atoms with Crippen molar-refractivity contribution in [2.24, 2.45) is 5.92 Å². The van der Waals surface area contributed by atoms with Crippen LogP contribution >= 0.6 is 0 Å². The third kappa shape index (κ3) is 5.24. The lowest BCUT2D eigenvalue weighted by molar-refractivity contribution is 0.196. The molecule has 2 rings (SSSR count). The molecule has 0 saturated heterocycles. The SMILES string of the molecule is CCOc1cc(CNCC(C)C)ccc1OC1CCCC1. The summed E-state index contributed by atoms with van der Waals surface area (Å²) in [6.07, 6.45) is 5.28. The second-order valence-electron chi connectivity index (χ2n) is 6.26. The highest BCUT2D eigenvalue weighted by atomic mass is 16.5. The van der Waals surface area contributed by atoms with Crippen molar-refractivity contribution in [2.45, 2.75) is 59.1 Å². The maximum absolute atomic E-state index is 6.11. The molecule has 0 unspecified atom stereocenters. The summed E-state index contributed by atoms with van der Waals surface area (Å²) in [6.45, 7) is 9.04. The molecule has 0 atom stereocenters. The van der Waals surface area contributed by atoms with Crippen molar-refractivity contribution in [2.75, 3.05) is 13.2 Å². The van der Waals surface area contributed by atoms with Gasteiger partial charge in [0, 0.05) is 6.54 Å². The topological polar surface area (TPSA) is 30.5 Å². The van der Waals surface area contributed by atoms with Crippen molar-refractivity contribution in [3.05, 3.63) is 23.8 Å². The number of ether oxygens (including phenoxy) is 2. The first-order valence-electron chi connectivity index (χ1n) is 8.32. The Kier molecular flexibility index (Phi) is 6.37. The van der Waals surface area contributed by atoms with Crippen molar-refractivity contribution in [1.82, 2.24) is 5.32 Å². The van der Waals surface area contributed by atoms with Crippen molar-refractivity contribution in [3.8, 4) is 11.5 Å².